The second-order valence-corrected chi connectivity index (χ2v) is 4.76. The van der Waals surface area contributed by atoms with Gasteiger partial charge in [-0.25, -0.2) is 0 Å². The summed E-state index contributed by atoms with van der Waals surface area (Å²) in [5.41, 5.74) is 6.76. The van der Waals surface area contributed by atoms with Gasteiger partial charge in [0.1, 0.15) is 0 Å². The fourth-order valence-corrected chi connectivity index (χ4v) is 2.55. The standard InChI is InChI=1S/C14H20N2O/c15-10-12-7-4-8-13(12)16-14(17)9-11-5-2-1-3-6-11/h1-3,5-6,12-13H,4,7-10,15H2,(H,16,17). The topological polar surface area (TPSA) is 55.1 Å². The van der Waals surface area contributed by atoms with E-state index in [1.54, 1.807) is 0 Å². The van der Waals surface area contributed by atoms with Crippen LogP contribution in [-0.2, 0) is 11.2 Å². The molecule has 1 saturated carbocycles. The number of nitrogens with two attached hydrogens (primary N) is 1. The van der Waals surface area contributed by atoms with E-state index >= 15 is 0 Å². The van der Waals surface area contributed by atoms with E-state index in [1.807, 2.05) is 30.3 Å². The molecule has 1 aliphatic rings. The summed E-state index contributed by atoms with van der Waals surface area (Å²) >= 11 is 0. The summed E-state index contributed by atoms with van der Waals surface area (Å²) in [6, 6.07) is 10.1. The maximum Gasteiger partial charge on any atom is 0.224 e. The Morgan fingerprint density at radius 3 is 2.76 bits per heavy atom. The van der Waals surface area contributed by atoms with Crippen molar-refractivity contribution >= 4 is 5.91 Å². The molecule has 2 rings (SSSR count). The predicted molar refractivity (Wildman–Crippen MR) is 68.5 cm³/mol. The number of nitrogens with one attached hydrogen (secondary N) is 1. The van der Waals surface area contributed by atoms with Gasteiger partial charge in [0.05, 0.1) is 6.42 Å². The average Bonchev–Trinajstić information content (AvgIpc) is 2.77. The lowest BCUT2D eigenvalue weighted by atomic mass is 10.0. The van der Waals surface area contributed by atoms with Gasteiger partial charge in [0.15, 0.2) is 0 Å². The highest BCUT2D eigenvalue weighted by atomic mass is 16.1. The van der Waals surface area contributed by atoms with Crippen molar-refractivity contribution in [3.8, 4) is 0 Å². The minimum atomic E-state index is 0.113. The van der Waals surface area contributed by atoms with Crippen molar-refractivity contribution in [1.29, 1.82) is 0 Å². The van der Waals surface area contributed by atoms with Crippen LogP contribution in [0.5, 0.6) is 0 Å². The Hall–Kier alpha value is -1.35. The fraction of sp³-hybridized carbons (Fsp3) is 0.500. The molecule has 0 heterocycles. The van der Waals surface area contributed by atoms with E-state index in [2.05, 4.69) is 5.32 Å². The normalized spacial score (nSPS) is 23.6. The zero-order valence-electron chi connectivity index (χ0n) is 10.1. The first-order valence-corrected chi connectivity index (χ1v) is 6.33. The Bertz CT molecular complexity index is 364. The molecule has 0 saturated heterocycles. The monoisotopic (exact) mass is 232 g/mol. The van der Waals surface area contributed by atoms with E-state index in [1.165, 1.54) is 6.42 Å². The maximum absolute atomic E-state index is 11.9. The van der Waals surface area contributed by atoms with Crippen molar-refractivity contribution in [2.24, 2.45) is 11.7 Å². The molecule has 17 heavy (non-hydrogen) atoms. The highest BCUT2D eigenvalue weighted by molar-refractivity contribution is 5.78. The summed E-state index contributed by atoms with van der Waals surface area (Å²) in [4.78, 5) is 11.9. The molecule has 2 atom stereocenters. The summed E-state index contributed by atoms with van der Waals surface area (Å²) in [5, 5.41) is 3.11. The van der Waals surface area contributed by atoms with Crippen LogP contribution in [0.15, 0.2) is 30.3 Å². The minimum absolute atomic E-state index is 0.113. The first-order valence-electron chi connectivity index (χ1n) is 6.33. The van der Waals surface area contributed by atoms with Crippen molar-refractivity contribution in [2.45, 2.75) is 31.7 Å². The van der Waals surface area contributed by atoms with Gasteiger partial charge >= 0.3 is 0 Å². The Morgan fingerprint density at radius 1 is 1.29 bits per heavy atom. The average molecular weight is 232 g/mol. The summed E-state index contributed by atoms with van der Waals surface area (Å²) in [5.74, 6) is 0.580. The third-order valence-electron chi connectivity index (χ3n) is 3.52. The molecule has 0 bridgehead atoms. The molecule has 3 heteroatoms. The van der Waals surface area contributed by atoms with E-state index in [0.29, 0.717) is 18.9 Å². The second-order valence-electron chi connectivity index (χ2n) is 4.76. The van der Waals surface area contributed by atoms with Crippen molar-refractivity contribution in [2.75, 3.05) is 6.54 Å². The SMILES string of the molecule is NCC1CCCC1NC(=O)Cc1ccccc1. The van der Waals surface area contributed by atoms with Crippen LogP contribution in [0, 0.1) is 5.92 Å². The number of amides is 1. The van der Waals surface area contributed by atoms with Gasteiger partial charge in [-0.05, 0) is 30.9 Å². The third-order valence-corrected chi connectivity index (χ3v) is 3.52. The van der Waals surface area contributed by atoms with E-state index in [0.717, 1.165) is 18.4 Å². The zero-order chi connectivity index (χ0) is 12.1. The molecule has 3 nitrogen and oxygen atoms in total. The Labute approximate surface area is 102 Å². The molecule has 1 fully saturated rings. The number of benzene rings is 1. The number of carbonyl (C=O) groups is 1. The van der Waals surface area contributed by atoms with Gasteiger partial charge in [0.2, 0.25) is 5.91 Å². The summed E-state index contributed by atoms with van der Waals surface area (Å²) in [7, 11) is 0. The molecule has 0 spiro atoms. The van der Waals surface area contributed by atoms with Crippen molar-refractivity contribution in [3.63, 3.8) is 0 Å². The molecule has 0 aromatic heterocycles. The quantitative estimate of drug-likeness (QED) is 0.826. The Morgan fingerprint density at radius 2 is 2.06 bits per heavy atom. The molecule has 3 N–H and O–H groups in total. The maximum atomic E-state index is 11.9. The molecule has 2 unspecified atom stereocenters. The van der Waals surface area contributed by atoms with E-state index < -0.39 is 0 Å². The minimum Gasteiger partial charge on any atom is -0.353 e. The van der Waals surface area contributed by atoms with Crippen molar-refractivity contribution in [3.05, 3.63) is 35.9 Å². The van der Waals surface area contributed by atoms with E-state index in [-0.39, 0.29) is 11.9 Å². The molecule has 92 valence electrons. The van der Waals surface area contributed by atoms with Gasteiger partial charge in [0, 0.05) is 6.04 Å². The molecular formula is C14H20N2O. The van der Waals surface area contributed by atoms with Gasteiger partial charge in [-0.1, -0.05) is 36.8 Å². The summed E-state index contributed by atoms with van der Waals surface area (Å²) < 4.78 is 0. The Balaban J connectivity index is 1.85. The highest BCUT2D eigenvalue weighted by Crippen LogP contribution is 2.24. The first-order chi connectivity index (χ1) is 8.29. The lowest BCUT2D eigenvalue weighted by Crippen LogP contribution is -2.40. The summed E-state index contributed by atoms with van der Waals surface area (Å²) in [6.45, 7) is 0.677. The molecule has 0 radical (unpaired) electrons. The van der Waals surface area contributed by atoms with Gasteiger partial charge in [0.25, 0.3) is 0 Å². The van der Waals surface area contributed by atoms with Gasteiger partial charge in [-0.2, -0.15) is 0 Å². The lowest BCUT2D eigenvalue weighted by molar-refractivity contribution is -0.121. The van der Waals surface area contributed by atoms with Crippen LogP contribution in [0.1, 0.15) is 24.8 Å². The number of carbonyl (C=O) groups excluding carboxylic acids is 1. The van der Waals surface area contributed by atoms with Crippen LogP contribution < -0.4 is 11.1 Å². The van der Waals surface area contributed by atoms with E-state index in [9.17, 15) is 4.79 Å². The molecule has 1 aromatic carbocycles. The largest absolute Gasteiger partial charge is 0.353 e. The molecule has 0 aliphatic heterocycles. The van der Waals surface area contributed by atoms with Crippen molar-refractivity contribution in [1.82, 2.24) is 5.32 Å². The van der Waals surface area contributed by atoms with Crippen LogP contribution >= 0.6 is 0 Å². The Kier molecular flexibility index (Phi) is 4.15. The smallest absolute Gasteiger partial charge is 0.224 e. The number of hydrogen-bond donors (Lipinski definition) is 2. The first kappa shape index (κ1) is 12.1. The highest BCUT2D eigenvalue weighted by Gasteiger charge is 2.27. The van der Waals surface area contributed by atoms with Crippen LogP contribution in [0.25, 0.3) is 0 Å². The molecule has 1 aromatic rings. The van der Waals surface area contributed by atoms with Crippen LogP contribution in [-0.4, -0.2) is 18.5 Å². The predicted octanol–water partition coefficient (Wildman–Crippen LogP) is 1.47. The number of rotatable bonds is 4. The zero-order valence-corrected chi connectivity index (χ0v) is 10.1. The third kappa shape index (κ3) is 3.30. The van der Waals surface area contributed by atoms with E-state index in [4.69, 9.17) is 5.73 Å². The number of hydrogen-bond acceptors (Lipinski definition) is 2. The van der Waals surface area contributed by atoms with Crippen LogP contribution in [0.2, 0.25) is 0 Å². The lowest BCUT2D eigenvalue weighted by Gasteiger charge is -2.19. The van der Waals surface area contributed by atoms with Gasteiger partial charge in [-0.15, -0.1) is 0 Å². The van der Waals surface area contributed by atoms with Gasteiger partial charge in [-0.3, -0.25) is 4.79 Å². The molecule has 1 amide bonds. The van der Waals surface area contributed by atoms with Gasteiger partial charge < -0.3 is 11.1 Å². The second kappa shape index (κ2) is 5.82. The molecular weight excluding hydrogens is 212 g/mol. The van der Waals surface area contributed by atoms with Crippen LogP contribution in [0.3, 0.4) is 0 Å². The van der Waals surface area contributed by atoms with Crippen molar-refractivity contribution < 1.29 is 4.79 Å². The summed E-state index contributed by atoms with van der Waals surface area (Å²) in [6.07, 6.45) is 3.86. The fourth-order valence-electron chi connectivity index (χ4n) is 2.55. The molecule has 1 aliphatic carbocycles. The van der Waals surface area contributed by atoms with Crippen LogP contribution in [0.4, 0.5) is 0 Å².